The van der Waals surface area contributed by atoms with E-state index in [1.165, 1.54) is 15.8 Å². The summed E-state index contributed by atoms with van der Waals surface area (Å²) in [6.45, 7) is 2.09. The Kier molecular flexibility index (Phi) is 3.29. The normalized spacial score (nSPS) is 12.7. The molecule has 0 aliphatic carbocycles. The molecule has 0 bridgehead atoms. The minimum atomic E-state index is -0.0276. The smallest absolute Gasteiger partial charge is 0.0809 e. The number of pyridine rings is 1. The molecule has 2 heterocycles. The van der Waals surface area contributed by atoms with E-state index in [4.69, 9.17) is 5.84 Å². The number of aromatic nitrogens is 1. The molecule has 3 aromatic rings. The van der Waals surface area contributed by atoms with Crippen LogP contribution in [0.3, 0.4) is 0 Å². The van der Waals surface area contributed by atoms with Crippen molar-refractivity contribution in [2.75, 3.05) is 0 Å². The first-order valence-electron chi connectivity index (χ1n) is 6.14. The number of aryl methyl sites for hydroxylation is 1. The third kappa shape index (κ3) is 2.26. The van der Waals surface area contributed by atoms with Gasteiger partial charge in [-0.3, -0.25) is 10.8 Å². The molecule has 4 heteroatoms. The maximum Gasteiger partial charge on any atom is 0.0809 e. The first-order chi connectivity index (χ1) is 9.29. The Morgan fingerprint density at radius 1 is 1.26 bits per heavy atom. The molecule has 0 radical (unpaired) electrons. The Bertz CT molecular complexity index is 705. The highest BCUT2D eigenvalue weighted by molar-refractivity contribution is 7.17. The fraction of sp³-hybridized carbons (Fsp3) is 0.133. The second-order valence-electron chi connectivity index (χ2n) is 4.53. The van der Waals surface area contributed by atoms with E-state index in [1.807, 2.05) is 24.4 Å². The molecule has 3 nitrogen and oxygen atoms in total. The molecule has 0 amide bonds. The van der Waals surface area contributed by atoms with Crippen LogP contribution in [0.2, 0.25) is 0 Å². The van der Waals surface area contributed by atoms with Crippen LogP contribution in [0.15, 0.2) is 48.0 Å². The van der Waals surface area contributed by atoms with Gasteiger partial charge in [-0.15, -0.1) is 11.3 Å². The van der Waals surface area contributed by atoms with Crippen LogP contribution >= 0.6 is 11.3 Å². The van der Waals surface area contributed by atoms with Crippen LogP contribution in [0.4, 0.5) is 0 Å². The van der Waals surface area contributed by atoms with Crippen molar-refractivity contribution in [2.24, 2.45) is 5.84 Å². The second kappa shape index (κ2) is 5.09. The number of benzene rings is 1. The van der Waals surface area contributed by atoms with Crippen molar-refractivity contribution in [3.05, 3.63) is 64.7 Å². The van der Waals surface area contributed by atoms with Gasteiger partial charge in [0.05, 0.1) is 16.3 Å². The van der Waals surface area contributed by atoms with Crippen LogP contribution in [0, 0.1) is 6.92 Å². The number of hydrogen-bond acceptors (Lipinski definition) is 4. The molecule has 0 aliphatic rings. The van der Waals surface area contributed by atoms with Crippen LogP contribution in [-0.2, 0) is 0 Å². The molecule has 3 N–H and O–H groups in total. The molecular formula is C15H15N3S. The fourth-order valence-corrected chi connectivity index (χ4v) is 3.08. The Morgan fingerprint density at radius 2 is 2.11 bits per heavy atom. The maximum absolute atomic E-state index is 5.75. The predicted molar refractivity (Wildman–Crippen MR) is 80.0 cm³/mol. The average Bonchev–Trinajstić information content (AvgIpc) is 2.89. The number of nitrogens with one attached hydrogen (secondary N) is 1. The van der Waals surface area contributed by atoms with Gasteiger partial charge in [-0.1, -0.05) is 24.3 Å². The van der Waals surface area contributed by atoms with Gasteiger partial charge >= 0.3 is 0 Å². The van der Waals surface area contributed by atoms with Crippen molar-refractivity contribution in [1.29, 1.82) is 0 Å². The summed E-state index contributed by atoms with van der Waals surface area (Å²) in [7, 11) is 0. The van der Waals surface area contributed by atoms with Gasteiger partial charge in [0.25, 0.3) is 0 Å². The lowest BCUT2D eigenvalue weighted by Crippen LogP contribution is -2.29. The minimum Gasteiger partial charge on any atom is -0.271 e. The predicted octanol–water partition coefficient (Wildman–Crippen LogP) is 3.16. The monoisotopic (exact) mass is 269 g/mol. The molecule has 3 rings (SSSR count). The quantitative estimate of drug-likeness (QED) is 0.567. The van der Waals surface area contributed by atoms with Crippen molar-refractivity contribution < 1.29 is 0 Å². The molecule has 0 aliphatic heterocycles. The van der Waals surface area contributed by atoms with Crippen molar-refractivity contribution in [3.63, 3.8) is 0 Å². The van der Waals surface area contributed by atoms with E-state index in [2.05, 4.69) is 40.9 Å². The highest BCUT2D eigenvalue weighted by Gasteiger charge is 2.15. The lowest BCUT2D eigenvalue weighted by Gasteiger charge is -2.18. The lowest BCUT2D eigenvalue weighted by atomic mass is 9.96. The Morgan fingerprint density at radius 3 is 2.89 bits per heavy atom. The molecule has 96 valence electrons. The van der Waals surface area contributed by atoms with Gasteiger partial charge in [-0.05, 0) is 41.1 Å². The minimum absolute atomic E-state index is 0.0276. The first-order valence-corrected chi connectivity index (χ1v) is 7.02. The number of nitrogens with two attached hydrogens (primary N) is 1. The third-order valence-electron chi connectivity index (χ3n) is 3.32. The van der Waals surface area contributed by atoms with Crippen molar-refractivity contribution in [3.8, 4) is 0 Å². The van der Waals surface area contributed by atoms with Gasteiger partial charge in [0.15, 0.2) is 0 Å². The van der Waals surface area contributed by atoms with Gasteiger partial charge in [-0.2, -0.15) is 0 Å². The third-order valence-corrected chi connectivity index (χ3v) is 4.18. The molecule has 0 spiro atoms. The fourth-order valence-electron chi connectivity index (χ4n) is 2.30. The largest absolute Gasteiger partial charge is 0.271 e. The standard InChI is InChI=1S/C15H15N3S/c1-10-4-2-3-5-12(10)15(18-16)11-8-14-13(17-9-11)6-7-19-14/h2-9,15,18H,16H2,1H3. The topological polar surface area (TPSA) is 50.9 Å². The van der Waals surface area contributed by atoms with Gasteiger partial charge in [0.1, 0.15) is 0 Å². The van der Waals surface area contributed by atoms with E-state index in [1.54, 1.807) is 11.3 Å². The molecule has 1 atom stereocenters. The summed E-state index contributed by atoms with van der Waals surface area (Å²) in [5.74, 6) is 5.75. The maximum atomic E-state index is 5.75. The highest BCUT2D eigenvalue weighted by Crippen LogP contribution is 2.27. The molecule has 1 aromatic carbocycles. The summed E-state index contributed by atoms with van der Waals surface area (Å²) >= 11 is 1.70. The lowest BCUT2D eigenvalue weighted by molar-refractivity contribution is 0.632. The molecule has 2 aromatic heterocycles. The summed E-state index contributed by atoms with van der Waals surface area (Å²) in [4.78, 5) is 4.48. The highest BCUT2D eigenvalue weighted by atomic mass is 32.1. The van der Waals surface area contributed by atoms with E-state index in [0.717, 1.165) is 11.1 Å². The Labute approximate surface area is 116 Å². The summed E-state index contributed by atoms with van der Waals surface area (Å²) in [5, 5.41) is 2.06. The van der Waals surface area contributed by atoms with Gasteiger partial charge in [0, 0.05) is 6.20 Å². The van der Waals surface area contributed by atoms with E-state index in [-0.39, 0.29) is 6.04 Å². The zero-order chi connectivity index (χ0) is 13.2. The van der Waals surface area contributed by atoms with Crippen molar-refractivity contribution in [1.82, 2.24) is 10.4 Å². The number of hydrazine groups is 1. The molecule has 19 heavy (non-hydrogen) atoms. The molecule has 0 saturated carbocycles. The average molecular weight is 269 g/mol. The summed E-state index contributed by atoms with van der Waals surface area (Å²) < 4.78 is 1.19. The van der Waals surface area contributed by atoms with Crippen molar-refractivity contribution in [2.45, 2.75) is 13.0 Å². The van der Waals surface area contributed by atoms with Gasteiger partial charge < -0.3 is 0 Å². The molecule has 0 saturated heterocycles. The Hall–Kier alpha value is -1.75. The van der Waals surface area contributed by atoms with E-state index < -0.39 is 0 Å². The summed E-state index contributed by atoms with van der Waals surface area (Å²) in [5.41, 5.74) is 7.43. The SMILES string of the molecule is Cc1ccccc1C(NN)c1cnc2ccsc2c1. The van der Waals surface area contributed by atoms with Crippen LogP contribution in [0.25, 0.3) is 10.2 Å². The number of rotatable bonds is 3. The summed E-state index contributed by atoms with van der Waals surface area (Å²) in [6, 6.07) is 12.4. The van der Waals surface area contributed by atoms with E-state index >= 15 is 0 Å². The van der Waals surface area contributed by atoms with Crippen molar-refractivity contribution >= 4 is 21.6 Å². The number of thiophene rings is 1. The summed E-state index contributed by atoms with van der Waals surface area (Å²) in [6.07, 6.45) is 1.89. The first kappa shape index (κ1) is 12.3. The Balaban J connectivity index is 2.09. The second-order valence-corrected chi connectivity index (χ2v) is 5.48. The zero-order valence-corrected chi connectivity index (χ0v) is 11.4. The van der Waals surface area contributed by atoms with E-state index in [0.29, 0.717) is 0 Å². The zero-order valence-electron chi connectivity index (χ0n) is 10.6. The van der Waals surface area contributed by atoms with Crippen LogP contribution in [0.1, 0.15) is 22.7 Å². The number of hydrogen-bond donors (Lipinski definition) is 2. The molecule has 0 fully saturated rings. The number of nitrogens with zero attached hydrogens (tertiary/aromatic N) is 1. The van der Waals surface area contributed by atoms with Gasteiger partial charge in [-0.25, -0.2) is 5.43 Å². The van der Waals surface area contributed by atoms with Crippen LogP contribution in [0.5, 0.6) is 0 Å². The van der Waals surface area contributed by atoms with E-state index in [9.17, 15) is 0 Å². The van der Waals surface area contributed by atoms with Crippen LogP contribution in [-0.4, -0.2) is 4.98 Å². The van der Waals surface area contributed by atoms with Crippen LogP contribution < -0.4 is 11.3 Å². The molecule has 1 unspecified atom stereocenters. The van der Waals surface area contributed by atoms with Gasteiger partial charge in [0.2, 0.25) is 0 Å². The number of fused-ring (bicyclic) bond motifs is 1. The molecular weight excluding hydrogens is 254 g/mol.